The molecule has 0 aliphatic carbocycles. The Bertz CT molecular complexity index is 837. The van der Waals surface area contributed by atoms with E-state index in [9.17, 15) is 9.59 Å². The molecule has 0 unspecified atom stereocenters. The van der Waals surface area contributed by atoms with Crippen molar-refractivity contribution in [1.82, 2.24) is 10.2 Å². The molecule has 0 saturated carbocycles. The number of likely N-dealkylation sites (N-methyl/N-ethyl adjacent to an activating group) is 1. The second kappa shape index (κ2) is 11.2. The summed E-state index contributed by atoms with van der Waals surface area (Å²) in [6, 6.07) is 13.0. The Morgan fingerprint density at radius 1 is 0.966 bits per heavy atom. The monoisotopic (exact) mass is 434 g/mol. The van der Waals surface area contributed by atoms with Gasteiger partial charge in [-0.05, 0) is 55.5 Å². The van der Waals surface area contributed by atoms with Gasteiger partial charge in [-0.15, -0.1) is 0 Å². The molecule has 29 heavy (non-hydrogen) atoms. The summed E-state index contributed by atoms with van der Waals surface area (Å²) in [4.78, 5) is 27.0. The van der Waals surface area contributed by atoms with E-state index in [0.29, 0.717) is 36.0 Å². The lowest BCUT2D eigenvalue weighted by molar-refractivity contribution is -0.140. The summed E-state index contributed by atoms with van der Waals surface area (Å²) in [5.74, 6) is -0.248. The number of nitrogens with one attached hydrogen (secondary N) is 1. The molecule has 0 aliphatic heterocycles. The molecule has 2 aromatic carbocycles. The topological polar surface area (TPSA) is 49.4 Å². The van der Waals surface area contributed by atoms with Gasteiger partial charge in [0.15, 0.2) is 0 Å². The van der Waals surface area contributed by atoms with E-state index in [1.165, 1.54) is 5.56 Å². The van der Waals surface area contributed by atoms with Crippen LogP contribution < -0.4 is 5.32 Å². The number of aryl methyl sites for hydroxylation is 2. The number of nitrogens with zero attached hydrogens (tertiary/aromatic N) is 1. The number of halogens is 2. The maximum absolute atomic E-state index is 13.0. The van der Waals surface area contributed by atoms with Crippen LogP contribution in [0.4, 0.5) is 0 Å². The van der Waals surface area contributed by atoms with E-state index in [1.807, 2.05) is 13.0 Å². The van der Waals surface area contributed by atoms with E-state index in [1.54, 1.807) is 24.0 Å². The van der Waals surface area contributed by atoms with Crippen molar-refractivity contribution >= 4 is 35.0 Å². The molecule has 156 valence electrons. The average Bonchev–Trinajstić information content (AvgIpc) is 2.72. The molecule has 6 heteroatoms. The van der Waals surface area contributed by atoms with Crippen LogP contribution in [0.25, 0.3) is 0 Å². The third-order valence-electron chi connectivity index (χ3n) is 4.91. The normalized spacial score (nSPS) is 11.8. The summed E-state index contributed by atoms with van der Waals surface area (Å²) >= 11 is 12.1. The fraction of sp³-hybridized carbons (Fsp3) is 0.391. The Balaban J connectivity index is 2.14. The first-order valence-corrected chi connectivity index (χ1v) is 10.7. The molecular formula is C23H28Cl2N2O2. The Hall–Kier alpha value is -2.04. The van der Waals surface area contributed by atoms with Gasteiger partial charge in [-0.1, -0.05) is 60.5 Å². The van der Waals surface area contributed by atoms with Crippen molar-refractivity contribution in [1.29, 1.82) is 0 Å². The van der Waals surface area contributed by atoms with Gasteiger partial charge in [0.2, 0.25) is 11.8 Å². The van der Waals surface area contributed by atoms with Crippen LogP contribution >= 0.6 is 23.2 Å². The molecule has 0 aromatic heterocycles. The number of amides is 2. The fourth-order valence-electron chi connectivity index (χ4n) is 3.08. The molecule has 0 radical (unpaired) electrons. The number of carbonyl (C=O) groups excluding carboxylic acids is 2. The molecule has 1 atom stereocenters. The molecule has 1 N–H and O–H groups in total. The molecule has 2 amide bonds. The molecule has 2 rings (SSSR count). The van der Waals surface area contributed by atoms with Crippen molar-refractivity contribution < 1.29 is 9.59 Å². The highest BCUT2D eigenvalue weighted by Crippen LogP contribution is 2.24. The van der Waals surface area contributed by atoms with Crippen molar-refractivity contribution in [3.63, 3.8) is 0 Å². The number of carbonyl (C=O) groups is 2. The van der Waals surface area contributed by atoms with Gasteiger partial charge in [0.05, 0.1) is 10.0 Å². The first-order chi connectivity index (χ1) is 13.8. The summed E-state index contributed by atoms with van der Waals surface area (Å²) in [7, 11) is 0. The van der Waals surface area contributed by atoms with Gasteiger partial charge in [0, 0.05) is 19.5 Å². The molecule has 0 spiro atoms. The zero-order valence-corrected chi connectivity index (χ0v) is 18.7. The van der Waals surface area contributed by atoms with E-state index >= 15 is 0 Å². The number of benzene rings is 2. The van der Waals surface area contributed by atoms with Crippen molar-refractivity contribution in [2.75, 3.05) is 6.54 Å². The van der Waals surface area contributed by atoms with E-state index in [2.05, 4.69) is 36.5 Å². The summed E-state index contributed by atoms with van der Waals surface area (Å²) in [6.45, 7) is 6.53. The van der Waals surface area contributed by atoms with Crippen LogP contribution in [0.15, 0.2) is 42.5 Å². The van der Waals surface area contributed by atoms with Crippen LogP contribution in [0.3, 0.4) is 0 Å². The minimum absolute atomic E-state index is 0.0746. The van der Waals surface area contributed by atoms with Gasteiger partial charge < -0.3 is 10.2 Å². The fourth-order valence-corrected chi connectivity index (χ4v) is 3.40. The maximum atomic E-state index is 13.0. The molecule has 4 nitrogen and oxygen atoms in total. The van der Waals surface area contributed by atoms with Gasteiger partial charge in [-0.2, -0.15) is 0 Å². The predicted octanol–water partition coefficient (Wildman–Crippen LogP) is 5.04. The summed E-state index contributed by atoms with van der Waals surface area (Å²) in [5.41, 5.74) is 3.21. The lowest BCUT2D eigenvalue weighted by Gasteiger charge is -2.29. The molecule has 0 heterocycles. The Morgan fingerprint density at radius 2 is 1.59 bits per heavy atom. The summed E-state index contributed by atoms with van der Waals surface area (Å²) in [6.07, 6.45) is 1.94. The first kappa shape index (κ1) is 23.2. The second-order valence-electron chi connectivity index (χ2n) is 7.01. The maximum Gasteiger partial charge on any atom is 0.242 e. The number of rotatable bonds is 9. The standard InChI is InChI=1S/C23H28Cl2N2O2/c1-4-17-6-8-18(9-7-17)11-13-22(28)27(16(3)23(29)26-5-2)15-19-10-12-20(24)21(25)14-19/h6-10,12,14,16H,4-5,11,13,15H2,1-3H3,(H,26,29)/t16-/m0/s1. The predicted molar refractivity (Wildman–Crippen MR) is 119 cm³/mol. The van der Waals surface area contributed by atoms with Gasteiger partial charge in [0.25, 0.3) is 0 Å². The number of hydrogen-bond acceptors (Lipinski definition) is 2. The van der Waals surface area contributed by atoms with Crippen LogP contribution in [0.5, 0.6) is 0 Å². The van der Waals surface area contributed by atoms with Crippen molar-refractivity contribution in [3.8, 4) is 0 Å². The SMILES string of the molecule is CCNC(=O)[C@H](C)N(Cc1ccc(Cl)c(Cl)c1)C(=O)CCc1ccc(CC)cc1. The lowest BCUT2D eigenvalue weighted by atomic mass is 10.0. The van der Waals surface area contributed by atoms with Crippen molar-refractivity contribution in [3.05, 3.63) is 69.2 Å². The first-order valence-electron chi connectivity index (χ1n) is 9.94. The van der Waals surface area contributed by atoms with Crippen LogP contribution in [-0.4, -0.2) is 29.3 Å². The average molecular weight is 435 g/mol. The van der Waals surface area contributed by atoms with Gasteiger partial charge in [-0.25, -0.2) is 0 Å². The summed E-state index contributed by atoms with van der Waals surface area (Å²) < 4.78 is 0. The van der Waals surface area contributed by atoms with E-state index in [4.69, 9.17) is 23.2 Å². The Labute approximate surface area is 183 Å². The smallest absolute Gasteiger partial charge is 0.242 e. The van der Waals surface area contributed by atoms with Crippen LogP contribution in [0.2, 0.25) is 10.0 Å². The zero-order chi connectivity index (χ0) is 21.4. The third kappa shape index (κ3) is 6.76. The Kier molecular flexibility index (Phi) is 8.99. The quantitative estimate of drug-likeness (QED) is 0.600. The molecule has 0 aliphatic rings. The molecular weight excluding hydrogens is 407 g/mol. The lowest BCUT2D eigenvalue weighted by Crippen LogP contribution is -2.47. The minimum atomic E-state index is -0.584. The van der Waals surface area contributed by atoms with Gasteiger partial charge >= 0.3 is 0 Å². The van der Waals surface area contributed by atoms with Gasteiger partial charge in [0.1, 0.15) is 6.04 Å². The van der Waals surface area contributed by atoms with Crippen LogP contribution in [0, 0.1) is 0 Å². The van der Waals surface area contributed by atoms with Crippen molar-refractivity contribution in [2.45, 2.75) is 52.6 Å². The van der Waals surface area contributed by atoms with Crippen LogP contribution in [-0.2, 0) is 29.0 Å². The molecule has 0 saturated heterocycles. The molecule has 0 bridgehead atoms. The Morgan fingerprint density at radius 3 is 2.17 bits per heavy atom. The van der Waals surface area contributed by atoms with E-state index < -0.39 is 6.04 Å². The van der Waals surface area contributed by atoms with Crippen LogP contribution in [0.1, 0.15) is 43.9 Å². The number of hydrogen-bond donors (Lipinski definition) is 1. The highest BCUT2D eigenvalue weighted by molar-refractivity contribution is 6.42. The largest absolute Gasteiger partial charge is 0.355 e. The second-order valence-corrected chi connectivity index (χ2v) is 7.83. The van der Waals surface area contributed by atoms with E-state index in [0.717, 1.165) is 17.5 Å². The summed E-state index contributed by atoms with van der Waals surface area (Å²) in [5, 5.41) is 3.68. The molecule has 2 aromatic rings. The van der Waals surface area contributed by atoms with E-state index in [-0.39, 0.29) is 11.8 Å². The highest BCUT2D eigenvalue weighted by Gasteiger charge is 2.25. The minimum Gasteiger partial charge on any atom is -0.355 e. The van der Waals surface area contributed by atoms with Crippen molar-refractivity contribution in [2.24, 2.45) is 0 Å². The highest BCUT2D eigenvalue weighted by atomic mass is 35.5. The molecule has 0 fully saturated rings. The van der Waals surface area contributed by atoms with Gasteiger partial charge in [-0.3, -0.25) is 9.59 Å². The third-order valence-corrected chi connectivity index (χ3v) is 5.65. The zero-order valence-electron chi connectivity index (χ0n) is 17.2.